The number of ketones is 1. The van der Waals surface area contributed by atoms with E-state index in [9.17, 15) is 4.79 Å². The van der Waals surface area contributed by atoms with Crippen LogP contribution in [0.25, 0.3) is 22.3 Å². The zero-order valence-corrected chi connectivity index (χ0v) is 16.1. The van der Waals surface area contributed by atoms with Crippen molar-refractivity contribution < 1.29 is 4.79 Å². The molecule has 0 radical (unpaired) electrons. The van der Waals surface area contributed by atoms with Crippen LogP contribution in [0.3, 0.4) is 0 Å². The van der Waals surface area contributed by atoms with Crippen LogP contribution in [-0.4, -0.2) is 30.9 Å². The van der Waals surface area contributed by atoms with E-state index < -0.39 is 0 Å². The molecular weight excluding hydrogens is 356 g/mol. The lowest BCUT2D eigenvalue weighted by molar-refractivity contribution is 0.102. The molecule has 0 atom stereocenters. The van der Waals surface area contributed by atoms with E-state index in [0.717, 1.165) is 39.6 Å². The van der Waals surface area contributed by atoms with Gasteiger partial charge in [-0.2, -0.15) is 0 Å². The van der Waals surface area contributed by atoms with Crippen molar-refractivity contribution in [3.05, 3.63) is 66.4 Å². The van der Waals surface area contributed by atoms with Gasteiger partial charge >= 0.3 is 0 Å². The minimum Gasteiger partial charge on any atom is -0.347 e. The molecule has 0 bridgehead atoms. The van der Waals surface area contributed by atoms with Gasteiger partial charge in [-0.15, -0.1) is 10.2 Å². The lowest BCUT2D eigenvalue weighted by atomic mass is 10.1. The number of aryl methyl sites for hydroxylation is 1. The Morgan fingerprint density at radius 1 is 1.04 bits per heavy atom. The summed E-state index contributed by atoms with van der Waals surface area (Å²) in [5.41, 5.74) is 2.88. The van der Waals surface area contributed by atoms with Crippen LogP contribution in [0.2, 0.25) is 0 Å². The van der Waals surface area contributed by atoms with Gasteiger partial charge in [-0.3, -0.25) is 4.79 Å². The van der Waals surface area contributed by atoms with E-state index in [0.29, 0.717) is 5.75 Å². The molecule has 0 saturated carbocycles. The van der Waals surface area contributed by atoms with Crippen molar-refractivity contribution in [2.75, 3.05) is 5.75 Å². The summed E-state index contributed by atoms with van der Waals surface area (Å²) in [4.78, 5) is 12.9. The van der Waals surface area contributed by atoms with Crippen molar-refractivity contribution in [2.24, 2.45) is 7.05 Å². The number of nitrogens with zero attached hydrogens (tertiary/aromatic N) is 4. The molecule has 27 heavy (non-hydrogen) atoms. The molecule has 6 heteroatoms. The average molecular weight is 376 g/mol. The molecule has 0 N–H and O–H groups in total. The molecule has 0 unspecified atom stereocenters. The minimum absolute atomic E-state index is 0.104. The van der Waals surface area contributed by atoms with Gasteiger partial charge in [0.2, 0.25) is 0 Å². The van der Waals surface area contributed by atoms with Gasteiger partial charge in [0, 0.05) is 41.8 Å². The number of hydrogen-bond donors (Lipinski definition) is 0. The highest BCUT2D eigenvalue weighted by Crippen LogP contribution is 2.26. The second kappa shape index (κ2) is 7.40. The summed E-state index contributed by atoms with van der Waals surface area (Å²) in [6.45, 7) is 2.92. The largest absolute Gasteiger partial charge is 0.347 e. The van der Waals surface area contributed by atoms with Crippen molar-refractivity contribution >= 4 is 28.4 Å². The lowest BCUT2D eigenvalue weighted by Crippen LogP contribution is -2.03. The first-order valence-corrected chi connectivity index (χ1v) is 9.86. The number of carbonyl (C=O) groups excluding carboxylic acids is 1. The zero-order valence-electron chi connectivity index (χ0n) is 15.3. The summed E-state index contributed by atoms with van der Waals surface area (Å²) in [5.74, 6) is 1.24. The molecule has 5 nitrogen and oxygen atoms in total. The van der Waals surface area contributed by atoms with Crippen LogP contribution in [0.5, 0.6) is 0 Å². The van der Waals surface area contributed by atoms with Crippen molar-refractivity contribution in [2.45, 2.75) is 18.6 Å². The standard InChI is InChI=1S/C21H20N4OS/c1-3-25-13-17(16-11-7-8-12-18(16)25)19(26)14-27-21-23-22-20(24(21)2)15-9-5-4-6-10-15/h4-13H,3,14H2,1-2H3. The molecule has 2 aromatic heterocycles. The van der Waals surface area contributed by atoms with Crippen LogP contribution in [0.1, 0.15) is 17.3 Å². The van der Waals surface area contributed by atoms with E-state index >= 15 is 0 Å². The summed E-state index contributed by atoms with van der Waals surface area (Å²) in [6.07, 6.45) is 1.96. The number of rotatable bonds is 6. The molecule has 0 aliphatic carbocycles. The highest BCUT2D eigenvalue weighted by molar-refractivity contribution is 7.99. The third-order valence-corrected chi connectivity index (χ3v) is 5.65. The quantitative estimate of drug-likeness (QED) is 0.369. The Morgan fingerprint density at radius 3 is 2.56 bits per heavy atom. The maximum absolute atomic E-state index is 12.9. The number of carbonyl (C=O) groups is 1. The topological polar surface area (TPSA) is 52.7 Å². The van der Waals surface area contributed by atoms with Crippen molar-refractivity contribution in [1.82, 2.24) is 19.3 Å². The molecule has 0 saturated heterocycles. The third kappa shape index (κ3) is 3.28. The molecule has 2 aromatic carbocycles. The first-order chi connectivity index (χ1) is 13.2. The number of Topliss-reactive ketones (excluding diaryl/α,β-unsaturated/α-hetero) is 1. The zero-order chi connectivity index (χ0) is 18.8. The SMILES string of the molecule is CCn1cc(C(=O)CSc2nnc(-c3ccccc3)n2C)c2ccccc21. The van der Waals surface area contributed by atoms with E-state index in [1.54, 1.807) is 0 Å². The molecule has 0 fully saturated rings. The molecule has 0 aliphatic rings. The Kier molecular flexibility index (Phi) is 4.81. The molecule has 2 heterocycles. The van der Waals surface area contributed by atoms with Gasteiger partial charge in [0.05, 0.1) is 5.75 Å². The van der Waals surface area contributed by atoms with E-state index in [-0.39, 0.29) is 5.78 Å². The molecule has 4 aromatic rings. The Labute approximate surface area is 162 Å². The third-order valence-electron chi connectivity index (χ3n) is 4.63. The van der Waals surface area contributed by atoms with Crippen LogP contribution in [-0.2, 0) is 13.6 Å². The first kappa shape index (κ1) is 17.5. The number of fused-ring (bicyclic) bond motifs is 1. The van der Waals surface area contributed by atoms with E-state index in [1.807, 2.05) is 66.3 Å². The Balaban J connectivity index is 1.55. The van der Waals surface area contributed by atoms with Gasteiger partial charge in [0.25, 0.3) is 0 Å². The highest BCUT2D eigenvalue weighted by atomic mass is 32.2. The monoisotopic (exact) mass is 376 g/mol. The fraction of sp³-hybridized carbons (Fsp3) is 0.190. The number of benzene rings is 2. The van der Waals surface area contributed by atoms with E-state index in [2.05, 4.69) is 27.8 Å². The molecular formula is C21H20N4OS. The van der Waals surface area contributed by atoms with Gasteiger partial charge < -0.3 is 9.13 Å². The van der Waals surface area contributed by atoms with Gasteiger partial charge in [0.15, 0.2) is 16.8 Å². The highest BCUT2D eigenvalue weighted by Gasteiger charge is 2.17. The number of para-hydroxylation sites is 1. The number of hydrogen-bond acceptors (Lipinski definition) is 4. The van der Waals surface area contributed by atoms with E-state index in [1.165, 1.54) is 11.8 Å². The Bertz CT molecular complexity index is 1100. The molecule has 0 aliphatic heterocycles. The van der Waals surface area contributed by atoms with Crippen LogP contribution in [0.4, 0.5) is 0 Å². The maximum atomic E-state index is 12.9. The lowest BCUT2D eigenvalue weighted by Gasteiger charge is -2.03. The van der Waals surface area contributed by atoms with Crippen LogP contribution in [0, 0.1) is 0 Å². The van der Waals surface area contributed by atoms with Gasteiger partial charge in [-0.25, -0.2) is 0 Å². The number of aromatic nitrogens is 4. The van der Waals surface area contributed by atoms with Gasteiger partial charge in [-0.05, 0) is 13.0 Å². The van der Waals surface area contributed by atoms with Gasteiger partial charge in [-0.1, -0.05) is 60.3 Å². The molecule has 0 spiro atoms. The van der Waals surface area contributed by atoms with E-state index in [4.69, 9.17) is 0 Å². The normalized spacial score (nSPS) is 11.2. The summed E-state index contributed by atoms with van der Waals surface area (Å²) in [5, 5.41) is 10.3. The molecule has 136 valence electrons. The van der Waals surface area contributed by atoms with Crippen LogP contribution < -0.4 is 0 Å². The van der Waals surface area contributed by atoms with Crippen molar-refractivity contribution in [3.8, 4) is 11.4 Å². The summed E-state index contributed by atoms with van der Waals surface area (Å²) in [7, 11) is 1.93. The smallest absolute Gasteiger partial charge is 0.191 e. The van der Waals surface area contributed by atoms with Crippen molar-refractivity contribution in [3.63, 3.8) is 0 Å². The summed E-state index contributed by atoms with van der Waals surface area (Å²) >= 11 is 1.42. The second-order valence-electron chi connectivity index (χ2n) is 6.29. The predicted molar refractivity (Wildman–Crippen MR) is 109 cm³/mol. The first-order valence-electron chi connectivity index (χ1n) is 8.87. The predicted octanol–water partition coefficient (Wildman–Crippen LogP) is 4.43. The summed E-state index contributed by atoms with van der Waals surface area (Å²) in [6, 6.07) is 18.0. The maximum Gasteiger partial charge on any atom is 0.191 e. The fourth-order valence-electron chi connectivity index (χ4n) is 3.22. The van der Waals surface area contributed by atoms with Gasteiger partial charge in [0.1, 0.15) is 0 Å². The molecule has 4 rings (SSSR count). The second-order valence-corrected chi connectivity index (χ2v) is 7.23. The average Bonchev–Trinajstić information content (AvgIpc) is 3.27. The molecule has 0 amide bonds. The fourth-order valence-corrected chi connectivity index (χ4v) is 4.01. The van der Waals surface area contributed by atoms with Crippen LogP contribution in [0.15, 0.2) is 66.0 Å². The minimum atomic E-state index is 0.104. The summed E-state index contributed by atoms with van der Waals surface area (Å²) < 4.78 is 4.05. The van der Waals surface area contributed by atoms with Crippen molar-refractivity contribution in [1.29, 1.82) is 0 Å². The number of thioether (sulfide) groups is 1. The Morgan fingerprint density at radius 2 is 1.78 bits per heavy atom. The van der Waals surface area contributed by atoms with Crippen LogP contribution >= 0.6 is 11.8 Å². The Hall–Kier alpha value is -2.86.